The Morgan fingerprint density at radius 3 is 2.67 bits per heavy atom. The van der Waals surface area contributed by atoms with E-state index in [1.165, 1.54) is 6.07 Å². The van der Waals surface area contributed by atoms with Crippen LogP contribution in [0.4, 0.5) is 8.78 Å². The monoisotopic (exact) mass is 335 g/mol. The molecule has 0 spiro atoms. The highest BCUT2D eigenvalue weighted by Crippen LogP contribution is 2.49. The summed E-state index contributed by atoms with van der Waals surface area (Å²) >= 11 is 0. The SMILES string of the molecule is O=C(C1CC1c1ccc(F)c(F)c1)N1CCC(N2CCNCC2)C1. The van der Waals surface area contributed by atoms with Crippen molar-refractivity contribution in [1.82, 2.24) is 15.1 Å². The number of hydrogen-bond acceptors (Lipinski definition) is 3. The Kier molecular flexibility index (Phi) is 4.26. The maximum atomic E-state index is 13.4. The van der Waals surface area contributed by atoms with Gasteiger partial charge in [-0.05, 0) is 36.5 Å². The van der Waals surface area contributed by atoms with E-state index >= 15 is 0 Å². The summed E-state index contributed by atoms with van der Waals surface area (Å²) in [6, 6.07) is 4.46. The van der Waals surface area contributed by atoms with E-state index in [2.05, 4.69) is 10.2 Å². The van der Waals surface area contributed by atoms with Gasteiger partial charge in [-0.15, -0.1) is 0 Å². The van der Waals surface area contributed by atoms with Crippen LogP contribution >= 0.6 is 0 Å². The minimum absolute atomic E-state index is 0.0471. The van der Waals surface area contributed by atoms with Crippen molar-refractivity contribution < 1.29 is 13.6 Å². The van der Waals surface area contributed by atoms with Gasteiger partial charge in [-0.3, -0.25) is 9.69 Å². The minimum Gasteiger partial charge on any atom is -0.341 e. The summed E-state index contributed by atoms with van der Waals surface area (Å²) in [7, 11) is 0. The Hall–Kier alpha value is -1.53. The molecule has 0 bridgehead atoms. The van der Waals surface area contributed by atoms with Gasteiger partial charge in [-0.1, -0.05) is 6.07 Å². The number of likely N-dealkylation sites (tertiary alicyclic amines) is 1. The molecule has 3 unspecified atom stereocenters. The number of rotatable bonds is 3. The van der Waals surface area contributed by atoms with Crippen molar-refractivity contribution in [1.29, 1.82) is 0 Å². The first-order valence-electron chi connectivity index (χ1n) is 8.82. The molecule has 0 radical (unpaired) electrons. The predicted octanol–water partition coefficient (Wildman–Crippen LogP) is 1.57. The first kappa shape index (κ1) is 16.0. The number of piperazine rings is 1. The van der Waals surface area contributed by atoms with E-state index in [-0.39, 0.29) is 17.7 Å². The normalized spacial score (nSPS) is 30.6. The van der Waals surface area contributed by atoms with Crippen molar-refractivity contribution in [3.63, 3.8) is 0 Å². The van der Waals surface area contributed by atoms with Gasteiger partial charge in [0.05, 0.1) is 0 Å². The zero-order chi connectivity index (χ0) is 16.7. The van der Waals surface area contributed by atoms with Gasteiger partial charge in [0.25, 0.3) is 0 Å². The average molecular weight is 335 g/mol. The van der Waals surface area contributed by atoms with E-state index in [4.69, 9.17) is 0 Å². The van der Waals surface area contributed by atoms with Crippen LogP contribution < -0.4 is 5.32 Å². The number of nitrogens with one attached hydrogen (secondary N) is 1. The van der Waals surface area contributed by atoms with Crippen LogP contribution in [0.15, 0.2) is 18.2 Å². The van der Waals surface area contributed by atoms with Gasteiger partial charge in [0.1, 0.15) is 0 Å². The Morgan fingerprint density at radius 1 is 1.12 bits per heavy atom. The van der Waals surface area contributed by atoms with Crippen molar-refractivity contribution in [3.05, 3.63) is 35.4 Å². The molecule has 3 aliphatic rings. The molecule has 0 aromatic heterocycles. The molecule has 1 aliphatic carbocycles. The molecular formula is C18H23F2N3O. The van der Waals surface area contributed by atoms with Gasteiger partial charge in [0.15, 0.2) is 11.6 Å². The fourth-order valence-electron chi connectivity index (χ4n) is 4.10. The van der Waals surface area contributed by atoms with Crippen LogP contribution in [0.3, 0.4) is 0 Å². The molecule has 2 aliphatic heterocycles. The van der Waals surface area contributed by atoms with Crippen LogP contribution in [0, 0.1) is 17.6 Å². The van der Waals surface area contributed by atoms with E-state index in [1.807, 2.05) is 4.90 Å². The van der Waals surface area contributed by atoms with Crippen molar-refractivity contribution in [2.24, 2.45) is 5.92 Å². The quantitative estimate of drug-likeness (QED) is 0.911. The second-order valence-corrected chi connectivity index (χ2v) is 7.13. The number of carbonyl (C=O) groups is 1. The molecule has 6 heteroatoms. The standard InChI is InChI=1S/C18H23F2N3O/c19-16-2-1-12(9-17(16)20)14-10-15(14)18(24)23-6-3-13(11-23)22-7-4-21-5-8-22/h1-2,9,13-15,21H,3-8,10-11H2. The molecule has 24 heavy (non-hydrogen) atoms. The Labute approximate surface area is 140 Å². The molecule has 2 saturated heterocycles. The third kappa shape index (κ3) is 3.05. The fraction of sp³-hybridized carbons (Fsp3) is 0.611. The molecule has 4 rings (SSSR count). The third-order valence-corrected chi connectivity index (χ3v) is 5.62. The fourth-order valence-corrected chi connectivity index (χ4v) is 4.10. The Bertz CT molecular complexity index is 633. The average Bonchev–Trinajstić information content (AvgIpc) is 3.25. The van der Waals surface area contributed by atoms with Crippen molar-refractivity contribution in [3.8, 4) is 0 Å². The summed E-state index contributed by atoms with van der Waals surface area (Å²) in [5.41, 5.74) is 0.741. The van der Waals surface area contributed by atoms with E-state index < -0.39 is 11.6 Å². The topological polar surface area (TPSA) is 35.6 Å². The third-order valence-electron chi connectivity index (χ3n) is 5.62. The lowest BCUT2D eigenvalue weighted by Gasteiger charge is -2.32. The van der Waals surface area contributed by atoms with E-state index in [0.717, 1.165) is 63.7 Å². The molecule has 1 N–H and O–H groups in total. The lowest BCUT2D eigenvalue weighted by molar-refractivity contribution is -0.131. The molecule has 1 aromatic rings. The number of carbonyl (C=O) groups excluding carboxylic acids is 1. The first-order chi connectivity index (χ1) is 11.6. The predicted molar refractivity (Wildman–Crippen MR) is 86.6 cm³/mol. The van der Waals surface area contributed by atoms with E-state index in [9.17, 15) is 13.6 Å². The van der Waals surface area contributed by atoms with E-state index in [0.29, 0.717) is 6.04 Å². The lowest BCUT2D eigenvalue weighted by atomic mass is 10.1. The molecule has 4 nitrogen and oxygen atoms in total. The molecule has 1 amide bonds. The van der Waals surface area contributed by atoms with Crippen LogP contribution in [0.5, 0.6) is 0 Å². The molecule has 2 heterocycles. The zero-order valence-electron chi connectivity index (χ0n) is 13.7. The van der Waals surface area contributed by atoms with Gasteiger partial charge in [0.2, 0.25) is 5.91 Å². The summed E-state index contributed by atoms with van der Waals surface area (Å²) in [5.74, 6) is -1.49. The van der Waals surface area contributed by atoms with E-state index in [1.54, 1.807) is 6.07 Å². The number of nitrogens with zero attached hydrogens (tertiary/aromatic N) is 2. The van der Waals surface area contributed by atoms with Crippen LogP contribution in [-0.2, 0) is 4.79 Å². The maximum absolute atomic E-state index is 13.4. The van der Waals surface area contributed by atoms with Gasteiger partial charge in [-0.2, -0.15) is 0 Å². The maximum Gasteiger partial charge on any atom is 0.226 e. The minimum atomic E-state index is -0.833. The lowest BCUT2D eigenvalue weighted by Crippen LogP contribution is -2.49. The summed E-state index contributed by atoms with van der Waals surface area (Å²) < 4.78 is 26.4. The van der Waals surface area contributed by atoms with Gasteiger partial charge in [0, 0.05) is 51.2 Å². The van der Waals surface area contributed by atoms with Crippen LogP contribution in [0.1, 0.15) is 24.3 Å². The zero-order valence-corrected chi connectivity index (χ0v) is 13.7. The summed E-state index contributed by atoms with van der Waals surface area (Å²) in [6.45, 7) is 5.76. The number of benzene rings is 1. The van der Waals surface area contributed by atoms with Crippen LogP contribution in [0.25, 0.3) is 0 Å². The van der Waals surface area contributed by atoms with Crippen molar-refractivity contribution in [2.45, 2.75) is 24.8 Å². The van der Waals surface area contributed by atoms with Crippen LogP contribution in [-0.4, -0.2) is 61.0 Å². The van der Waals surface area contributed by atoms with Crippen molar-refractivity contribution in [2.75, 3.05) is 39.3 Å². The Balaban J connectivity index is 1.35. The second-order valence-electron chi connectivity index (χ2n) is 7.13. The molecule has 130 valence electrons. The smallest absolute Gasteiger partial charge is 0.226 e. The molecule has 3 atom stereocenters. The largest absolute Gasteiger partial charge is 0.341 e. The van der Waals surface area contributed by atoms with Crippen molar-refractivity contribution >= 4 is 5.91 Å². The molecule has 1 saturated carbocycles. The summed E-state index contributed by atoms with van der Waals surface area (Å²) in [4.78, 5) is 17.1. The Morgan fingerprint density at radius 2 is 1.92 bits per heavy atom. The summed E-state index contributed by atoms with van der Waals surface area (Å²) in [5, 5.41) is 3.35. The number of amides is 1. The number of halogens is 2. The first-order valence-corrected chi connectivity index (χ1v) is 8.82. The highest BCUT2D eigenvalue weighted by atomic mass is 19.2. The second kappa shape index (κ2) is 6.41. The molecule has 3 fully saturated rings. The highest BCUT2D eigenvalue weighted by molar-refractivity contribution is 5.83. The number of hydrogen-bond donors (Lipinski definition) is 1. The molecular weight excluding hydrogens is 312 g/mol. The van der Waals surface area contributed by atoms with Crippen LogP contribution in [0.2, 0.25) is 0 Å². The van der Waals surface area contributed by atoms with Gasteiger partial charge in [-0.25, -0.2) is 8.78 Å². The summed E-state index contributed by atoms with van der Waals surface area (Å²) in [6.07, 6.45) is 1.78. The van der Waals surface area contributed by atoms with Gasteiger partial charge < -0.3 is 10.2 Å². The highest BCUT2D eigenvalue weighted by Gasteiger charge is 2.47. The van der Waals surface area contributed by atoms with Gasteiger partial charge >= 0.3 is 0 Å². The molecule has 1 aromatic carbocycles.